The van der Waals surface area contributed by atoms with Crippen LogP contribution in [0.5, 0.6) is 0 Å². The van der Waals surface area contributed by atoms with E-state index in [0.717, 1.165) is 11.3 Å². The molecule has 0 aromatic heterocycles. The minimum Gasteiger partial charge on any atom is -0.374 e. The van der Waals surface area contributed by atoms with Gasteiger partial charge in [0.25, 0.3) is 0 Å². The average Bonchev–Trinajstić information content (AvgIpc) is 2.03. The number of hydrogen-bond acceptors (Lipinski definition) is 1. The lowest BCUT2D eigenvalue weighted by molar-refractivity contribution is 0.627. The molecule has 12 heavy (non-hydrogen) atoms. The third-order valence-electron chi connectivity index (χ3n) is 1.57. The monoisotopic (exact) mass is 163 g/mol. The Labute approximate surface area is 71.6 Å². The maximum Gasteiger partial charge on any atom is 0.123 e. The third kappa shape index (κ3) is 2.00. The Kier molecular flexibility index (Phi) is 2.71. The van der Waals surface area contributed by atoms with Crippen molar-refractivity contribution in [3.63, 3.8) is 0 Å². The van der Waals surface area contributed by atoms with Crippen molar-refractivity contribution in [1.29, 1.82) is 0 Å². The normalized spacial score (nSPS) is 9.08. The largest absolute Gasteiger partial charge is 0.374 e. The Morgan fingerprint density at radius 3 is 2.92 bits per heavy atom. The van der Waals surface area contributed by atoms with Gasteiger partial charge in [-0.1, -0.05) is 5.92 Å². The minimum atomic E-state index is -0.223. The fraction of sp³-hybridized carbons (Fsp3) is 0.200. The molecule has 0 heterocycles. The first-order valence-electron chi connectivity index (χ1n) is 3.67. The standard InChI is InChI=1S/C10H10FN/c1-3-6-12-10-5-4-9(11)7-8(10)2/h1,4-5,7,12H,6H2,2H3. The van der Waals surface area contributed by atoms with Gasteiger partial charge in [-0.15, -0.1) is 6.42 Å². The average molecular weight is 163 g/mol. The third-order valence-corrected chi connectivity index (χ3v) is 1.57. The molecule has 0 saturated heterocycles. The topological polar surface area (TPSA) is 12.0 Å². The van der Waals surface area contributed by atoms with Gasteiger partial charge in [0, 0.05) is 5.69 Å². The molecule has 0 aliphatic rings. The van der Waals surface area contributed by atoms with Crippen molar-refractivity contribution >= 4 is 5.69 Å². The molecule has 1 aromatic rings. The van der Waals surface area contributed by atoms with Gasteiger partial charge in [0.15, 0.2) is 0 Å². The molecule has 0 saturated carbocycles. The second kappa shape index (κ2) is 3.77. The van der Waals surface area contributed by atoms with Gasteiger partial charge in [-0.05, 0) is 30.7 Å². The lowest BCUT2D eigenvalue weighted by Crippen LogP contribution is -2.00. The number of halogens is 1. The van der Waals surface area contributed by atoms with Crippen LogP contribution in [0, 0.1) is 25.1 Å². The zero-order chi connectivity index (χ0) is 8.97. The van der Waals surface area contributed by atoms with E-state index >= 15 is 0 Å². The molecule has 0 bridgehead atoms. The van der Waals surface area contributed by atoms with E-state index in [4.69, 9.17) is 6.42 Å². The second-order valence-electron chi connectivity index (χ2n) is 2.52. The maximum absolute atomic E-state index is 12.6. The highest BCUT2D eigenvalue weighted by Gasteiger charge is 1.97. The molecule has 62 valence electrons. The SMILES string of the molecule is C#CCNc1ccc(F)cc1C. The summed E-state index contributed by atoms with van der Waals surface area (Å²) in [5.41, 5.74) is 1.75. The number of nitrogens with one attached hydrogen (secondary N) is 1. The first kappa shape index (κ1) is 8.61. The number of hydrogen-bond donors (Lipinski definition) is 1. The van der Waals surface area contributed by atoms with E-state index in [0.29, 0.717) is 6.54 Å². The van der Waals surface area contributed by atoms with Crippen molar-refractivity contribution in [3.05, 3.63) is 29.6 Å². The van der Waals surface area contributed by atoms with E-state index in [2.05, 4.69) is 11.2 Å². The van der Waals surface area contributed by atoms with Crippen molar-refractivity contribution in [3.8, 4) is 12.3 Å². The zero-order valence-corrected chi connectivity index (χ0v) is 6.89. The van der Waals surface area contributed by atoms with Gasteiger partial charge < -0.3 is 5.32 Å². The quantitative estimate of drug-likeness (QED) is 0.659. The molecule has 0 aliphatic carbocycles. The summed E-state index contributed by atoms with van der Waals surface area (Å²) in [6.45, 7) is 2.30. The molecule has 1 N–H and O–H groups in total. The summed E-state index contributed by atoms with van der Waals surface area (Å²) in [7, 11) is 0. The molecule has 0 atom stereocenters. The van der Waals surface area contributed by atoms with Crippen LogP contribution in [-0.4, -0.2) is 6.54 Å². The highest BCUT2D eigenvalue weighted by Crippen LogP contribution is 2.14. The van der Waals surface area contributed by atoms with Crippen LogP contribution in [-0.2, 0) is 0 Å². The summed E-state index contributed by atoms with van der Waals surface area (Å²) < 4.78 is 12.6. The van der Waals surface area contributed by atoms with Gasteiger partial charge >= 0.3 is 0 Å². The van der Waals surface area contributed by atoms with Gasteiger partial charge in [0.1, 0.15) is 5.82 Å². The molecule has 0 amide bonds. The van der Waals surface area contributed by atoms with Gasteiger partial charge in [0.2, 0.25) is 0 Å². The maximum atomic E-state index is 12.6. The highest BCUT2D eigenvalue weighted by atomic mass is 19.1. The Morgan fingerprint density at radius 2 is 2.33 bits per heavy atom. The lowest BCUT2D eigenvalue weighted by atomic mass is 10.2. The highest BCUT2D eigenvalue weighted by molar-refractivity contribution is 5.51. The second-order valence-corrected chi connectivity index (χ2v) is 2.52. The van der Waals surface area contributed by atoms with Gasteiger partial charge in [-0.25, -0.2) is 4.39 Å². The first-order valence-corrected chi connectivity index (χ1v) is 3.67. The van der Waals surface area contributed by atoms with Gasteiger partial charge in [-0.3, -0.25) is 0 Å². The van der Waals surface area contributed by atoms with E-state index in [1.165, 1.54) is 12.1 Å². The van der Waals surface area contributed by atoms with Crippen molar-refractivity contribution in [1.82, 2.24) is 0 Å². The first-order chi connectivity index (χ1) is 5.74. The molecule has 1 rings (SSSR count). The molecule has 0 unspecified atom stereocenters. The fourth-order valence-corrected chi connectivity index (χ4v) is 0.972. The molecule has 0 radical (unpaired) electrons. The van der Waals surface area contributed by atoms with Crippen LogP contribution in [0.25, 0.3) is 0 Å². The van der Waals surface area contributed by atoms with Crippen LogP contribution in [0.15, 0.2) is 18.2 Å². The Balaban J connectivity index is 2.81. The summed E-state index contributed by atoms with van der Waals surface area (Å²) in [5, 5.41) is 2.99. The van der Waals surface area contributed by atoms with E-state index < -0.39 is 0 Å². The number of anilines is 1. The summed E-state index contributed by atoms with van der Waals surface area (Å²) in [6.07, 6.45) is 5.07. The smallest absolute Gasteiger partial charge is 0.123 e. The van der Waals surface area contributed by atoms with Crippen LogP contribution in [0.4, 0.5) is 10.1 Å². The molecule has 0 fully saturated rings. The van der Waals surface area contributed by atoms with E-state index in [1.54, 1.807) is 6.07 Å². The molecule has 0 spiro atoms. The minimum absolute atomic E-state index is 0.223. The molecule has 1 nitrogen and oxygen atoms in total. The van der Waals surface area contributed by atoms with Crippen molar-refractivity contribution < 1.29 is 4.39 Å². The number of rotatable bonds is 2. The predicted octanol–water partition coefficient (Wildman–Crippen LogP) is 2.18. The van der Waals surface area contributed by atoms with Crippen LogP contribution >= 0.6 is 0 Å². The summed E-state index contributed by atoms with van der Waals surface area (Å²) in [6, 6.07) is 4.56. The van der Waals surface area contributed by atoms with E-state index in [9.17, 15) is 4.39 Å². The number of benzene rings is 1. The zero-order valence-electron chi connectivity index (χ0n) is 6.89. The molecule has 1 aromatic carbocycles. The lowest BCUT2D eigenvalue weighted by Gasteiger charge is -2.05. The predicted molar refractivity (Wildman–Crippen MR) is 48.5 cm³/mol. The van der Waals surface area contributed by atoms with Gasteiger partial charge in [-0.2, -0.15) is 0 Å². The van der Waals surface area contributed by atoms with Crippen molar-refractivity contribution in [2.24, 2.45) is 0 Å². The van der Waals surface area contributed by atoms with E-state index in [-0.39, 0.29) is 5.82 Å². The van der Waals surface area contributed by atoms with Crippen LogP contribution < -0.4 is 5.32 Å². The van der Waals surface area contributed by atoms with E-state index in [1.807, 2.05) is 6.92 Å². The summed E-state index contributed by atoms with van der Waals surface area (Å²) in [5.74, 6) is 2.23. The molecule has 0 aliphatic heterocycles. The van der Waals surface area contributed by atoms with Crippen LogP contribution in [0.2, 0.25) is 0 Å². The molecule has 2 heteroatoms. The fourth-order valence-electron chi connectivity index (χ4n) is 0.972. The van der Waals surface area contributed by atoms with Crippen molar-refractivity contribution in [2.45, 2.75) is 6.92 Å². The number of terminal acetylenes is 1. The number of aryl methyl sites for hydroxylation is 1. The Hall–Kier alpha value is -1.49. The summed E-state index contributed by atoms with van der Waals surface area (Å²) >= 11 is 0. The van der Waals surface area contributed by atoms with Crippen LogP contribution in [0.3, 0.4) is 0 Å². The van der Waals surface area contributed by atoms with Crippen LogP contribution in [0.1, 0.15) is 5.56 Å². The molecular formula is C10H10FN. The Bertz CT molecular complexity index is 312. The van der Waals surface area contributed by atoms with Crippen molar-refractivity contribution in [2.75, 3.05) is 11.9 Å². The Morgan fingerprint density at radius 1 is 1.58 bits per heavy atom. The summed E-state index contributed by atoms with van der Waals surface area (Å²) in [4.78, 5) is 0. The van der Waals surface area contributed by atoms with Gasteiger partial charge in [0.05, 0.1) is 6.54 Å². The molecular weight excluding hydrogens is 153 g/mol.